The van der Waals surface area contributed by atoms with Crippen molar-refractivity contribution in [3.8, 4) is 0 Å². The van der Waals surface area contributed by atoms with Crippen LogP contribution >= 0.6 is 11.6 Å². The summed E-state index contributed by atoms with van der Waals surface area (Å²) in [6.07, 6.45) is 2.89. The number of halogens is 1. The van der Waals surface area contributed by atoms with E-state index in [1.165, 1.54) is 21.3 Å². The normalized spacial score (nSPS) is 14.6. The molecule has 33 heavy (non-hydrogen) atoms. The smallest absolute Gasteiger partial charge is 0.328 e. The van der Waals surface area contributed by atoms with Crippen LogP contribution in [-0.4, -0.2) is 48.0 Å². The monoisotopic (exact) mass is 490 g/mol. The number of aryl methyl sites for hydroxylation is 3. The highest BCUT2D eigenvalue weighted by atomic mass is 35.5. The van der Waals surface area contributed by atoms with E-state index in [0.29, 0.717) is 34.8 Å². The van der Waals surface area contributed by atoms with Crippen molar-refractivity contribution >= 4 is 44.3 Å². The number of piperidine rings is 1. The fourth-order valence-electron chi connectivity index (χ4n) is 4.19. The van der Waals surface area contributed by atoms with E-state index >= 15 is 0 Å². The Balaban J connectivity index is 1.80. The Morgan fingerprint density at radius 1 is 1.00 bits per heavy atom. The van der Waals surface area contributed by atoms with E-state index in [1.807, 2.05) is 6.92 Å². The number of sulfonamides is 1. The van der Waals surface area contributed by atoms with Gasteiger partial charge in [-0.3, -0.25) is 18.2 Å². The van der Waals surface area contributed by atoms with Crippen LogP contribution in [0.1, 0.15) is 24.8 Å². The minimum atomic E-state index is -4.13. The van der Waals surface area contributed by atoms with Gasteiger partial charge in [-0.15, -0.1) is 0 Å². The SMILES string of the molecule is Cc1ccc(N(CC(=O)N2CCCCC2)S(=O)(=O)c2ccc3c(c2)n(C)c(=O)n3C)cc1Cl. The van der Waals surface area contributed by atoms with Gasteiger partial charge in [0.2, 0.25) is 5.91 Å². The van der Waals surface area contributed by atoms with Crippen molar-refractivity contribution in [3.63, 3.8) is 0 Å². The first-order valence-corrected chi connectivity index (χ1v) is 12.6. The predicted molar refractivity (Wildman–Crippen MR) is 129 cm³/mol. The summed E-state index contributed by atoms with van der Waals surface area (Å²) in [7, 11) is -0.895. The lowest BCUT2D eigenvalue weighted by Crippen LogP contribution is -2.44. The molecule has 0 spiro atoms. The molecule has 1 aliphatic heterocycles. The number of hydrogen-bond acceptors (Lipinski definition) is 4. The van der Waals surface area contributed by atoms with E-state index in [9.17, 15) is 18.0 Å². The van der Waals surface area contributed by atoms with Crippen LogP contribution in [0.4, 0.5) is 5.69 Å². The van der Waals surface area contributed by atoms with Crippen LogP contribution in [0.15, 0.2) is 46.1 Å². The van der Waals surface area contributed by atoms with Crippen molar-refractivity contribution in [2.75, 3.05) is 23.9 Å². The molecule has 0 N–H and O–H groups in total. The molecule has 0 atom stereocenters. The maximum absolute atomic E-state index is 13.8. The molecule has 1 saturated heterocycles. The molecule has 0 bridgehead atoms. The maximum atomic E-state index is 13.8. The van der Waals surface area contributed by atoms with Gasteiger partial charge in [0.15, 0.2) is 0 Å². The summed E-state index contributed by atoms with van der Waals surface area (Å²) in [4.78, 5) is 27.1. The number of nitrogens with zero attached hydrogens (tertiary/aromatic N) is 4. The summed E-state index contributed by atoms with van der Waals surface area (Å²) in [5.74, 6) is -0.247. The van der Waals surface area contributed by atoms with Crippen LogP contribution in [0.2, 0.25) is 5.02 Å². The fourth-order valence-corrected chi connectivity index (χ4v) is 5.79. The van der Waals surface area contributed by atoms with E-state index < -0.39 is 10.0 Å². The number of benzene rings is 2. The number of amides is 1. The van der Waals surface area contributed by atoms with Crippen molar-refractivity contribution in [1.82, 2.24) is 14.0 Å². The minimum absolute atomic E-state index is 0.000610. The lowest BCUT2D eigenvalue weighted by Gasteiger charge is -2.30. The third-order valence-electron chi connectivity index (χ3n) is 6.26. The lowest BCUT2D eigenvalue weighted by atomic mass is 10.1. The molecule has 8 nitrogen and oxygen atoms in total. The first-order valence-electron chi connectivity index (χ1n) is 10.8. The molecule has 0 unspecified atom stereocenters. The number of hydrogen-bond donors (Lipinski definition) is 0. The molecule has 10 heteroatoms. The van der Waals surface area contributed by atoms with Gasteiger partial charge in [-0.05, 0) is 62.1 Å². The molecule has 1 aliphatic rings. The highest BCUT2D eigenvalue weighted by Crippen LogP contribution is 2.29. The highest BCUT2D eigenvalue weighted by Gasteiger charge is 2.30. The summed E-state index contributed by atoms with van der Waals surface area (Å²) in [5, 5.41) is 0.416. The van der Waals surface area contributed by atoms with Crippen LogP contribution < -0.4 is 9.99 Å². The number of carbonyl (C=O) groups excluding carboxylic acids is 1. The average molecular weight is 491 g/mol. The van der Waals surface area contributed by atoms with Crippen LogP contribution in [0.5, 0.6) is 0 Å². The van der Waals surface area contributed by atoms with Gasteiger partial charge in [0.1, 0.15) is 6.54 Å². The van der Waals surface area contributed by atoms with Crippen LogP contribution in [0.25, 0.3) is 11.0 Å². The Morgan fingerprint density at radius 2 is 1.67 bits per heavy atom. The molecule has 1 fully saturated rings. The molecule has 2 heterocycles. The molecule has 0 radical (unpaired) electrons. The van der Waals surface area contributed by atoms with E-state index in [4.69, 9.17) is 11.6 Å². The van der Waals surface area contributed by atoms with E-state index in [0.717, 1.165) is 29.1 Å². The molecule has 3 aromatic rings. The molecule has 0 saturated carbocycles. The fraction of sp³-hybridized carbons (Fsp3) is 0.391. The second kappa shape index (κ2) is 8.87. The third kappa shape index (κ3) is 4.27. The zero-order chi connectivity index (χ0) is 23.9. The Morgan fingerprint density at radius 3 is 2.33 bits per heavy atom. The van der Waals surface area contributed by atoms with Gasteiger partial charge in [0.25, 0.3) is 10.0 Å². The second-order valence-electron chi connectivity index (χ2n) is 8.44. The standard InChI is InChI=1S/C23H27ClN4O4S/c1-16-7-8-17(13-19(16)24)28(15-22(29)27-11-5-4-6-12-27)33(31,32)18-9-10-20-21(14-18)26(3)23(30)25(20)2/h7-10,13-14H,4-6,11-12,15H2,1-3H3. The first kappa shape index (κ1) is 23.4. The number of imidazole rings is 1. The molecule has 2 aromatic carbocycles. The Labute approximate surface area is 198 Å². The second-order valence-corrected chi connectivity index (χ2v) is 10.7. The maximum Gasteiger partial charge on any atom is 0.328 e. The van der Waals surface area contributed by atoms with Crippen LogP contribution in [-0.2, 0) is 28.9 Å². The highest BCUT2D eigenvalue weighted by molar-refractivity contribution is 7.92. The van der Waals surface area contributed by atoms with Crippen molar-refractivity contribution in [1.29, 1.82) is 0 Å². The van der Waals surface area contributed by atoms with Crippen molar-refractivity contribution in [2.45, 2.75) is 31.1 Å². The zero-order valence-electron chi connectivity index (χ0n) is 18.9. The summed E-state index contributed by atoms with van der Waals surface area (Å²) in [6.45, 7) is 2.75. The van der Waals surface area contributed by atoms with Gasteiger partial charge >= 0.3 is 5.69 Å². The third-order valence-corrected chi connectivity index (χ3v) is 8.44. The number of likely N-dealkylation sites (tertiary alicyclic amines) is 1. The quantitative estimate of drug-likeness (QED) is 0.550. The molecule has 1 aromatic heterocycles. The topological polar surface area (TPSA) is 84.6 Å². The van der Waals surface area contributed by atoms with Gasteiger partial charge in [-0.2, -0.15) is 0 Å². The first-order chi connectivity index (χ1) is 15.6. The number of carbonyl (C=O) groups is 1. The summed E-state index contributed by atoms with van der Waals surface area (Å²) in [6, 6.07) is 9.49. The van der Waals surface area contributed by atoms with Crippen molar-refractivity contribution in [3.05, 3.63) is 57.5 Å². The van der Waals surface area contributed by atoms with E-state index in [2.05, 4.69) is 0 Å². The average Bonchev–Trinajstić information content (AvgIpc) is 3.03. The van der Waals surface area contributed by atoms with Crippen molar-refractivity contribution < 1.29 is 13.2 Å². The van der Waals surface area contributed by atoms with Gasteiger partial charge in [-0.1, -0.05) is 17.7 Å². The van der Waals surface area contributed by atoms with Crippen LogP contribution in [0.3, 0.4) is 0 Å². The Hall–Kier alpha value is -2.78. The van der Waals surface area contributed by atoms with E-state index in [-0.39, 0.29) is 23.0 Å². The van der Waals surface area contributed by atoms with Crippen molar-refractivity contribution in [2.24, 2.45) is 14.1 Å². The van der Waals surface area contributed by atoms with E-state index in [1.54, 1.807) is 43.3 Å². The Kier molecular flexibility index (Phi) is 6.28. The zero-order valence-corrected chi connectivity index (χ0v) is 20.5. The van der Waals surface area contributed by atoms with Gasteiger partial charge < -0.3 is 4.90 Å². The molecule has 1 amide bonds. The van der Waals surface area contributed by atoms with Gasteiger partial charge in [0.05, 0.1) is 21.6 Å². The number of rotatable bonds is 5. The Bertz CT molecular complexity index is 1390. The molecular weight excluding hydrogens is 464 g/mol. The molecule has 0 aliphatic carbocycles. The number of anilines is 1. The molecule has 176 valence electrons. The lowest BCUT2D eigenvalue weighted by molar-refractivity contribution is -0.130. The molecule has 4 rings (SSSR count). The van der Waals surface area contributed by atoms with Gasteiger partial charge in [-0.25, -0.2) is 13.2 Å². The molecular formula is C23H27ClN4O4S. The minimum Gasteiger partial charge on any atom is -0.341 e. The largest absolute Gasteiger partial charge is 0.341 e. The van der Waals surface area contributed by atoms with Gasteiger partial charge in [0, 0.05) is 32.2 Å². The number of fused-ring (bicyclic) bond motifs is 1. The summed E-state index contributed by atoms with van der Waals surface area (Å²) < 4.78 is 31.6. The summed E-state index contributed by atoms with van der Waals surface area (Å²) in [5.41, 5.74) is 1.99. The summed E-state index contributed by atoms with van der Waals surface area (Å²) >= 11 is 6.30. The predicted octanol–water partition coefficient (Wildman–Crippen LogP) is 3.05. The number of aromatic nitrogens is 2. The van der Waals surface area contributed by atoms with Crippen LogP contribution in [0, 0.1) is 6.92 Å².